The van der Waals surface area contributed by atoms with E-state index in [2.05, 4.69) is 38.6 Å². The molecule has 1 fully saturated rings. The number of amides is 1. The first kappa shape index (κ1) is 17.3. The van der Waals surface area contributed by atoms with Crippen LogP contribution in [0.4, 0.5) is 11.4 Å². The Balaban J connectivity index is 1.41. The summed E-state index contributed by atoms with van der Waals surface area (Å²) >= 11 is 0. The molecule has 2 aromatic heterocycles. The molecule has 3 aromatic rings. The van der Waals surface area contributed by atoms with Crippen molar-refractivity contribution >= 4 is 28.9 Å². The highest BCUT2D eigenvalue weighted by Crippen LogP contribution is 2.41. The number of hydrogen-bond donors (Lipinski definition) is 3. The molecule has 7 nitrogen and oxygen atoms in total. The van der Waals surface area contributed by atoms with Crippen molar-refractivity contribution < 1.29 is 9.53 Å². The second-order valence-corrected chi connectivity index (χ2v) is 8.02. The Hall–Kier alpha value is -3.61. The summed E-state index contributed by atoms with van der Waals surface area (Å²) in [6.07, 6.45) is 7.90. The van der Waals surface area contributed by atoms with E-state index in [1.54, 1.807) is 6.20 Å². The molecule has 3 N–H and O–H groups in total. The molecule has 6 rings (SSSR count). The fourth-order valence-corrected chi connectivity index (χ4v) is 4.16. The maximum Gasteiger partial charge on any atom is 0.256 e. The Labute approximate surface area is 173 Å². The van der Waals surface area contributed by atoms with Gasteiger partial charge < -0.3 is 20.4 Å². The molecule has 150 valence electrons. The number of fused-ring (bicyclic) bond motifs is 2. The van der Waals surface area contributed by atoms with Crippen LogP contribution >= 0.6 is 0 Å². The van der Waals surface area contributed by atoms with Gasteiger partial charge in [0.1, 0.15) is 18.1 Å². The van der Waals surface area contributed by atoms with Crippen molar-refractivity contribution in [2.75, 3.05) is 23.8 Å². The number of benzene rings is 1. The lowest BCUT2D eigenvalue weighted by molar-refractivity contribution is -0.110. The van der Waals surface area contributed by atoms with Gasteiger partial charge in [0, 0.05) is 35.5 Å². The zero-order valence-electron chi connectivity index (χ0n) is 16.6. The number of pyridine rings is 1. The standard InChI is InChI=1S/C23H21N5O2/c1-12-18(11-26-23-20(12)24-6-7-30-23)14-4-5-19-16(8-14)17(22(29)28-19)9-15-10-25-21(27-15)13-2-3-13/h4-5,8-11,13,24H,2-3,6-7H2,1H3,(H,25,27)(H,28,29). The third-order valence-corrected chi connectivity index (χ3v) is 5.94. The lowest BCUT2D eigenvalue weighted by Gasteiger charge is -2.21. The third-order valence-electron chi connectivity index (χ3n) is 5.94. The number of nitrogens with zero attached hydrogens (tertiary/aromatic N) is 2. The number of carbonyl (C=O) groups is 1. The van der Waals surface area contributed by atoms with Gasteiger partial charge in [0.15, 0.2) is 0 Å². The molecule has 1 aliphatic carbocycles. The largest absolute Gasteiger partial charge is 0.474 e. The van der Waals surface area contributed by atoms with Crippen LogP contribution in [-0.4, -0.2) is 34.0 Å². The van der Waals surface area contributed by atoms with Gasteiger partial charge in [-0.05, 0) is 49.1 Å². The van der Waals surface area contributed by atoms with Crippen LogP contribution in [0.25, 0.3) is 22.8 Å². The number of H-pyrrole nitrogens is 1. The molecule has 0 bridgehead atoms. The van der Waals surface area contributed by atoms with Gasteiger partial charge in [-0.25, -0.2) is 9.97 Å². The molecule has 4 heterocycles. The van der Waals surface area contributed by atoms with Gasteiger partial charge in [0.2, 0.25) is 5.88 Å². The number of aromatic nitrogens is 3. The number of rotatable bonds is 3. The van der Waals surface area contributed by atoms with Crippen molar-refractivity contribution in [3.63, 3.8) is 0 Å². The molecule has 3 aliphatic rings. The van der Waals surface area contributed by atoms with Gasteiger partial charge in [-0.2, -0.15) is 0 Å². The molecular weight excluding hydrogens is 378 g/mol. The Morgan fingerprint density at radius 2 is 2.07 bits per heavy atom. The molecule has 30 heavy (non-hydrogen) atoms. The van der Waals surface area contributed by atoms with Crippen molar-refractivity contribution in [1.82, 2.24) is 15.0 Å². The minimum Gasteiger partial charge on any atom is -0.474 e. The van der Waals surface area contributed by atoms with Crippen molar-refractivity contribution in [2.24, 2.45) is 0 Å². The summed E-state index contributed by atoms with van der Waals surface area (Å²) in [7, 11) is 0. The highest BCUT2D eigenvalue weighted by atomic mass is 16.5. The third kappa shape index (κ3) is 2.77. The summed E-state index contributed by atoms with van der Waals surface area (Å²) in [6.45, 7) is 3.45. The number of ether oxygens (including phenoxy) is 1. The second-order valence-electron chi connectivity index (χ2n) is 8.02. The predicted molar refractivity (Wildman–Crippen MR) is 115 cm³/mol. The first-order chi connectivity index (χ1) is 14.7. The summed E-state index contributed by atoms with van der Waals surface area (Å²) < 4.78 is 5.64. The van der Waals surface area contributed by atoms with E-state index in [0.29, 0.717) is 24.0 Å². The van der Waals surface area contributed by atoms with Crippen LogP contribution in [0.3, 0.4) is 0 Å². The van der Waals surface area contributed by atoms with Crippen LogP contribution in [0.1, 0.15) is 41.4 Å². The smallest absolute Gasteiger partial charge is 0.256 e. The van der Waals surface area contributed by atoms with E-state index in [1.165, 1.54) is 12.8 Å². The van der Waals surface area contributed by atoms with Crippen LogP contribution in [0.5, 0.6) is 5.88 Å². The highest BCUT2D eigenvalue weighted by Gasteiger charge is 2.28. The lowest BCUT2D eigenvalue weighted by atomic mass is 9.96. The average molecular weight is 399 g/mol. The zero-order valence-corrected chi connectivity index (χ0v) is 16.6. The Morgan fingerprint density at radius 1 is 1.17 bits per heavy atom. The monoisotopic (exact) mass is 399 g/mol. The summed E-state index contributed by atoms with van der Waals surface area (Å²) in [6, 6.07) is 6.02. The van der Waals surface area contributed by atoms with E-state index in [0.717, 1.165) is 51.7 Å². The number of hydrogen-bond acceptors (Lipinski definition) is 5. The molecule has 0 atom stereocenters. The minimum absolute atomic E-state index is 0.0972. The summed E-state index contributed by atoms with van der Waals surface area (Å²) in [5.41, 5.74) is 7.27. The first-order valence-electron chi connectivity index (χ1n) is 10.3. The van der Waals surface area contributed by atoms with Crippen molar-refractivity contribution in [1.29, 1.82) is 0 Å². The first-order valence-corrected chi connectivity index (χ1v) is 10.3. The van der Waals surface area contributed by atoms with Gasteiger partial charge in [-0.1, -0.05) is 6.07 Å². The van der Waals surface area contributed by atoms with Crippen LogP contribution < -0.4 is 15.4 Å². The van der Waals surface area contributed by atoms with Crippen molar-refractivity contribution in [3.05, 3.63) is 53.2 Å². The summed E-state index contributed by atoms with van der Waals surface area (Å²) in [4.78, 5) is 24.9. The molecule has 0 spiro atoms. The molecule has 0 radical (unpaired) electrons. The van der Waals surface area contributed by atoms with Gasteiger partial charge in [0.05, 0.1) is 17.5 Å². The van der Waals surface area contributed by atoms with Crippen molar-refractivity contribution in [2.45, 2.75) is 25.7 Å². The van der Waals surface area contributed by atoms with Gasteiger partial charge in [-0.15, -0.1) is 0 Å². The molecule has 1 saturated carbocycles. The lowest BCUT2D eigenvalue weighted by Crippen LogP contribution is -2.20. The van der Waals surface area contributed by atoms with E-state index < -0.39 is 0 Å². The minimum atomic E-state index is -0.0972. The van der Waals surface area contributed by atoms with Gasteiger partial charge in [0.25, 0.3) is 5.91 Å². The average Bonchev–Trinajstić information content (AvgIpc) is 3.43. The van der Waals surface area contributed by atoms with Crippen LogP contribution in [-0.2, 0) is 4.79 Å². The van der Waals surface area contributed by atoms with Gasteiger partial charge in [-0.3, -0.25) is 4.79 Å². The Kier molecular flexibility index (Phi) is 3.71. The normalized spacial score (nSPS) is 18.4. The maximum absolute atomic E-state index is 12.6. The van der Waals surface area contributed by atoms with E-state index in [4.69, 9.17) is 4.74 Å². The van der Waals surface area contributed by atoms with Gasteiger partial charge >= 0.3 is 0 Å². The zero-order chi connectivity index (χ0) is 20.2. The number of aromatic amines is 1. The van der Waals surface area contributed by atoms with Crippen LogP contribution in [0, 0.1) is 6.92 Å². The maximum atomic E-state index is 12.6. The molecule has 1 aromatic carbocycles. The number of imidazole rings is 1. The SMILES string of the molecule is Cc1c(-c2ccc3c(c2)C(=Cc2cnc(C4CC4)[nH]2)C(=O)N3)cnc2c1NCCO2. The predicted octanol–water partition coefficient (Wildman–Crippen LogP) is 3.95. The molecule has 2 aliphatic heterocycles. The quantitative estimate of drug-likeness (QED) is 0.580. The molecule has 1 amide bonds. The van der Waals surface area contributed by atoms with E-state index >= 15 is 0 Å². The number of nitrogens with one attached hydrogen (secondary N) is 3. The molecular formula is C23H21N5O2. The van der Waals surface area contributed by atoms with Crippen LogP contribution in [0.15, 0.2) is 30.6 Å². The molecule has 0 unspecified atom stereocenters. The highest BCUT2D eigenvalue weighted by molar-refractivity contribution is 6.35. The van der Waals surface area contributed by atoms with E-state index in [9.17, 15) is 4.79 Å². The fourth-order valence-electron chi connectivity index (χ4n) is 4.16. The summed E-state index contributed by atoms with van der Waals surface area (Å²) in [5, 5.41) is 6.35. The Bertz CT molecular complexity index is 1220. The number of carbonyl (C=O) groups excluding carboxylic acids is 1. The number of anilines is 2. The fraction of sp³-hybridized carbons (Fsp3) is 0.261. The van der Waals surface area contributed by atoms with Crippen LogP contribution in [0.2, 0.25) is 0 Å². The Morgan fingerprint density at radius 3 is 2.93 bits per heavy atom. The van der Waals surface area contributed by atoms with E-state index in [1.807, 2.05) is 24.4 Å². The van der Waals surface area contributed by atoms with E-state index in [-0.39, 0.29) is 5.91 Å². The molecule has 0 saturated heterocycles. The van der Waals surface area contributed by atoms with Crippen molar-refractivity contribution in [3.8, 4) is 17.0 Å². The second kappa shape index (κ2) is 6.45. The molecule has 7 heteroatoms. The summed E-state index contributed by atoms with van der Waals surface area (Å²) in [5.74, 6) is 2.11. The topological polar surface area (TPSA) is 91.9 Å².